The van der Waals surface area contributed by atoms with Crippen molar-refractivity contribution in [1.82, 2.24) is 0 Å². The summed E-state index contributed by atoms with van der Waals surface area (Å²) in [7, 11) is 0. The molecule has 0 aliphatic rings. The normalized spacial score (nSPS) is 10.9. The van der Waals surface area contributed by atoms with Crippen LogP contribution >= 0.6 is 0 Å². The van der Waals surface area contributed by atoms with Gasteiger partial charge in [-0.15, -0.1) is 0 Å². The highest BCUT2D eigenvalue weighted by Gasteiger charge is 2.11. The van der Waals surface area contributed by atoms with Gasteiger partial charge in [0.25, 0.3) is 5.91 Å². The van der Waals surface area contributed by atoms with Gasteiger partial charge in [-0.2, -0.15) is 5.26 Å². The van der Waals surface area contributed by atoms with Crippen molar-refractivity contribution in [2.45, 2.75) is 27.4 Å². The van der Waals surface area contributed by atoms with E-state index in [2.05, 4.69) is 11.4 Å². The standard InChI is InChI=1S/C26H24N2O2/c1-18-5-4-6-22(14-18)17-30-24-10-8-21(9-11-24)15-23(16-27)26(29)28-25-12-7-19(2)13-20(25)3/h4-15H,17H2,1-3H3,(H,28,29)/b23-15+. The number of carbonyl (C=O) groups is 1. The molecule has 30 heavy (non-hydrogen) atoms. The minimum Gasteiger partial charge on any atom is -0.489 e. The topological polar surface area (TPSA) is 62.1 Å². The van der Waals surface area contributed by atoms with Gasteiger partial charge < -0.3 is 10.1 Å². The Hall–Kier alpha value is -3.84. The van der Waals surface area contributed by atoms with E-state index in [0.717, 1.165) is 28.0 Å². The Kier molecular flexibility index (Phi) is 6.67. The average molecular weight is 396 g/mol. The zero-order chi connectivity index (χ0) is 21.5. The van der Waals surface area contributed by atoms with Gasteiger partial charge in [-0.25, -0.2) is 0 Å². The molecule has 0 bridgehead atoms. The van der Waals surface area contributed by atoms with Gasteiger partial charge in [-0.05, 0) is 61.7 Å². The molecule has 1 N–H and O–H groups in total. The largest absolute Gasteiger partial charge is 0.489 e. The van der Waals surface area contributed by atoms with Crippen molar-refractivity contribution < 1.29 is 9.53 Å². The zero-order valence-electron chi connectivity index (χ0n) is 17.4. The number of nitriles is 1. The van der Waals surface area contributed by atoms with E-state index in [9.17, 15) is 10.1 Å². The van der Waals surface area contributed by atoms with E-state index >= 15 is 0 Å². The number of rotatable bonds is 6. The number of anilines is 1. The molecule has 150 valence electrons. The van der Waals surface area contributed by atoms with Crippen LogP contribution in [0.2, 0.25) is 0 Å². The number of benzene rings is 3. The molecule has 0 spiro atoms. The molecule has 0 fully saturated rings. The lowest BCUT2D eigenvalue weighted by atomic mass is 10.1. The van der Waals surface area contributed by atoms with Crippen LogP contribution in [0.5, 0.6) is 5.75 Å². The lowest BCUT2D eigenvalue weighted by Crippen LogP contribution is -2.14. The van der Waals surface area contributed by atoms with Gasteiger partial charge in [0.05, 0.1) is 0 Å². The van der Waals surface area contributed by atoms with Gasteiger partial charge in [0, 0.05) is 5.69 Å². The Morgan fingerprint density at radius 3 is 2.40 bits per heavy atom. The van der Waals surface area contributed by atoms with Gasteiger partial charge in [0.1, 0.15) is 24.0 Å². The second-order valence-electron chi connectivity index (χ2n) is 7.29. The van der Waals surface area contributed by atoms with E-state index in [1.165, 1.54) is 5.56 Å². The molecule has 0 heterocycles. The summed E-state index contributed by atoms with van der Waals surface area (Å²) in [6.45, 7) is 6.45. The summed E-state index contributed by atoms with van der Waals surface area (Å²) in [6, 6.07) is 23.2. The Bertz CT molecular complexity index is 1120. The summed E-state index contributed by atoms with van der Waals surface area (Å²) in [5.74, 6) is 0.302. The minimum absolute atomic E-state index is 0.0448. The predicted molar refractivity (Wildman–Crippen MR) is 120 cm³/mol. The fourth-order valence-electron chi connectivity index (χ4n) is 3.09. The van der Waals surface area contributed by atoms with Crippen LogP contribution in [0.4, 0.5) is 5.69 Å². The summed E-state index contributed by atoms with van der Waals surface area (Å²) in [6.07, 6.45) is 1.57. The van der Waals surface area contributed by atoms with E-state index in [4.69, 9.17) is 4.74 Å². The highest BCUT2D eigenvalue weighted by Crippen LogP contribution is 2.19. The first-order valence-electron chi connectivity index (χ1n) is 9.73. The lowest BCUT2D eigenvalue weighted by molar-refractivity contribution is -0.112. The Labute approximate surface area is 177 Å². The molecule has 0 aliphatic heterocycles. The summed E-state index contributed by atoms with van der Waals surface area (Å²) in [5, 5.41) is 12.2. The number of nitrogens with zero attached hydrogens (tertiary/aromatic N) is 1. The van der Waals surface area contributed by atoms with E-state index in [1.807, 2.05) is 87.5 Å². The summed E-state index contributed by atoms with van der Waals surface area (Å²) in [5.41, 5.74) is 5.87. The third kappa shape index (κ3) is 5.59. The van der Waals surface area contributed by atoms with Crippen molar-refractivity contribution >= 4 is 17.7 Å². The van der Waals surface area contributed by atoms with Crippen LogP contribution < -0.4 is 10.1 Å². The Balaban J connectivity index is 1.66. The molecule has 1 amide bonds. The molecular formula is C26H24N2O2. The van der Waals surface area contributed by atoms with Gasteiger partial charge in [0.15, 0.2) is 0 Å². The maximum Gasteiger partial charge on any atom is 0.266 e. The molecule has 0 aromatic heterocycles. The number of aryl methyl sites for hydroxylation is 3. The number of ether oxygens (including phenoxy) is 1. The van der Waals surface area contributed by atoms with Gasteiger partial charge in [-0.3, -0.25) is 4.79 Å². The monoisotopic (exact) mass is 396 g/mol. The molecule has 0 unspecified atom stereocenters. The van der Waals surface area contributed by atoms with Crippen LogP contribution in [-0.4, -0.2) is 5.91 Å². The van der Waals surface area contributed by atoms with Gasteiger partial charge in [-0.1, -0.05) is 59.7 Å². The van der Waals surface area contributed by atoms with E-state index in [1.54, 1.807) is 6.08 Å². The number of hydrogen-bond donors (Lipinski definition) is 1. The van der Waals surface area contributed by atoms with Crippen LogP contribution in [0.3, 0.4) is 0 Å². The minimum atomic E-state index is -0.427. The average Bonchev–Trinajstić information content (AvgIpc) is 2.73. The van der Waals surface area contributed by atoms with Crippen molar-refractivity contribution in [3.05, 3.63) is 100 Å². The first-order chi connectivity index (χ1) is 14.4. The third-order valence-electron chi connectivity index (χ3n) is 4.67. The van der Waals surface area contributed by atoms with Crippen LogP contribution in [0.15, 0.2) is 72.3 Å². The maximum atomic E-state index is 12.5. The molecule has 0 saturated heterocycles. The Morgan fingerprint density at radius 2 is 1.73 bits per heavy atom. The molecule has 4 nitrogen and oxygen atoms in total. The summed E-state index contributed by atoms with van der Waals surface area (Å²) >= 11 is 0. The van der Waals surface area contributed by atoms with Gasteiger partial charge >= 0.3 is 0 Å². The van der Waals surface area contributed by atoms with Crippen LogP contribution in [-0.2, 0) is 11.4 Å². The van der Waals surface area contributed by atoms with Crippen LogP contribution in [0, 0.1) is 32.1 Å². The highest BCUT2D eigenvalue weighted by molar-refractivity contribution is 6.09. The molecule has 0 radical (unpaired) electrons. The first kappa shape index (κ1) is 20.9. The molecule has 0 saturated carbocycles. The fourth-order valence-corrected chi connectivity index (χ4v) is 3.09. The second-order valence-corrected chi connectivity index (χ2v) is 7.29. The van der Waals surface area contributed by atoms with Crippen molar-refractivity contribution in [3.8, 4) is 11.8 Å². The molecule has 0 atom stereocenters. The van der Waals surface area contributed by atoms with E-state index in [-0.39, 0.29) is 5.57 Å². The molecule has 3 aromatic carbocycles. The number of hydrogen-bond acceptors (Lipinski definition) is 3. The zero-order valence-corrected chi connectivity index (χ0v) is 17.4. The number of carbonyl (C=O) groups excluding carboxylic acids is 1. The molecular weight excluding hydrogens is 372 g/mol. The maximum absolute atomic E-state index is 12.5. The molecule has 4 heteroatoms. The Morgan fingerprint density at radius 1 is 1.00 bits per heavy atom. The third-order valence-corrected chi connectivity index (χ3v) is 4.67. The van der Waals surface area contributed by atoms with E-state index < -0.39 is 5.91 Å². The predicted octanol–water partition coefficient (Wildman–Crippen LogP) is 5.74. The smallest absolute Gasteiger partial charge is 0.266 e. The number of nitrogens with one attached hydrogen (secondary N) is 1. The van der Waals surface area contributed by atoms with Crippen molar-refractivity contribution in [1.29, 1.82) is 5.26 Å². The lowest BCUT2D eigenvalue weighted by Gasteiger charge is -2.09. The van der Waals surface area contributed by atoms with Crippen molar-refractivity contribution in [2.75, 3.05) is 5.32 Å². The second kappa shape index (κ2) is 9.58. The van der Waals surface area contributed by atoms with Crippen molar-refractivity contribution in [2.24, 2.45) is 0 Å². The van der Waals surface area contributed by atoms with Gasteiger partial charge in [0.2, 0.25) is 0 Å². The van der Waals surface area contributed by atoms with E-state index in [0.29, 0.717) is 12.3 Å². The molecule has 3 aromatic rings. The SMILES string of the molecule is Cc1cccc(COc2ccc(/C=C(\C#N)C(=O)Nc3ccc(C)cc3C)cc2)c1. The quantitative estimate of drug-likeness (QED) is 0.427. The summed E-state index contributed by atoms with van der Waals surface area (Å²) < 4.78 is 5.82. The number of amides is 1. The first-order valence-corrected chi connectivity index (χ1v) is 9.73. The highest BCUT2D eigenvalue weighted by atomic mass is 16.5. The van der Waals surface area contributed by atoms with Crippen LogP contribution in [0.1, 0.15) is 27.8 Å². The summed E-state index contributed by atoms with van der Waals surface area (Å²) in [4.78, 5) is 12.5. The molecule has 3 rings (SSSR count). The van der Waals surface area contributed by atoms with Crippen LogP contribution in [0.25, 0.3) is 6.08 Å². The van der Waals surface area contributed by atoms with Crippen molar-refractivity contribution in [3.63, 3.8) is 0 Å². The molecule has 0 aliphatic carbocycles. The fraction of sp³-hybridized carbons (Fsp3) is 0.154.